The molecule has 0 saturated heterocycles. The molecule has 0 aromatic rings. The monoisotopic (exact) mass is 282 g/mol. The van der Waals surface area contributed by atoms with Gasteiger partial charge in [-0.05, 0) is 12.3 Å². The van der Waals surface area contributed by atoms with Crippen molar-refractivity contribution in [2.45, 2.75) is 26.7 Å². The molecule has 1 rings (SSSR count). The molecule has 0 N–H and O–H groups in total. The molecular formula is C9H14Cl2Zr. The van der Waals surface area contributed by atoms with Gasteiger partial charge in [0.1, 0.15) is 0 Å². The summed E-state index contributed by atoms with van der Waals surface area (Å²) in [6, 6.07) is 0. The molecule has 12 heavy (non-hydrogen) atoms. The van der Waals surface area contributed by atoms with Gasteiger partial charge in [0.25, 0.3) is 0 Å². The predicted octanol–water partition coefficient (Wildman–Crippen LogP) is 4.30. The van der Waals surface area contributed by atoms with Crippen molar-refractivity contribution in [3.63, 3.8) is 0 Å². The Morgan fingerprint density at radius 3 is 2.42 bits per heavy atom. The number of rotatable bonds is 2. The normalized spacial score (nSPS) is 19.7. The first kappa shape index (κ1) is 12.9. The predicted molar refractivity (Wildman–Crippen MR) is 53.0 cm³/mol. The van der Waals surface area contributed by atoms with Crippen LogP contribution in [0.5, 0.6) is 0 Å². The van der Waals surface area contributed by atoms with E-state index in [2.05, 4.69) is 32.1 Å². The Bertz CT molecular complexity index is 164. The van der Waals surface area contributed by atoms with Crippen molar-refractivity contribution < 1.29 is 20.8 Å². The van der Waals surface area contributed by atoms with Gasteiger partial charge in [-0.2, -0.15) is 0 Å². The summed E-state index contributed by atoms with van der Waals surface area (Å²) < 4.78 is 0. The Labute approximate surface area is 93.7 Å². The maximum atomic E-state index is 4.93. The van der Waals surface area contributed by atoms with Crippen LogP contribution in [0.2, 0.25) is 0 Å². The molecule has 0 aliphatic heterocycles. The summed E-state index contributed by atoms with van der Waals surface area (Å²) in [4.78, 5) is 0. The van der Waals surface area contributed by atoms with Crippen LogP contribution in [0.3, 0.4) is 0 Å². The van der Waals surface area contributed by atoms with Crippen LogP contribution < -0.4 is 0 Å². The van der Waals surface area contributed by atoms with Crippen LogP contribution >= 0.6 is 17.0 Å². The molecule has 0 spiro atoms. The molecule has 1 aliphatic carbocycles. The van der Waals surface area contributed by atoms with Crippen molar-refractivity contribution in [2.24, 2.45) is 5.92 Å². The van der Waals surface area contributed by atoms with Crippen LogP contribution in [0.1, 0.15) is 26.7 Å². The zero-order valence-electron chi connectivity index (χ0n) is 7.48. The Morgan fingerprint density at radius 1 is 1.50 bits per heavy atom. The van der Waals surface area contributed by atoms with E-state index in [1.165, 1.54) is 18.4 Å². The molecule has 0 heterocycles. The Kier molecular flexibility index (Phi) is 9.21. The maximum absolute atomic E-state index is 4.93. The molecule has 1 aliphatic rings. The van der Waals surface area contributed by atoms with Crippen LogP contribution in [0.25, 0.3) is 0 Å². The Balaban J connectivity index is 0.000000354. The second kappa shape index (κ2) is 8.54. The third kappa shape index (κ3) is 6.46. The fourth-order valence-corrected chi connectivity index (χ4v) is 1.18. The fourth-order valence-electron chi connectivity index (χ4n) is 1.18. The average Bonchev–Trinajstić information content (AvgIpc) is 2.38. The van der Waals surface area contributed by atoms with Crippen molar-refractivity contribution in [3.05, 3.63) is 23.8 Å². The molecular weight excluding hydrogens is 270 g/mol. The van der Waals surface area contributed by atoms with Gasteiger partial charge in [-0.25, -0.2) is 0 Å². The van der Waals surface area contributed by atoms with Crippen molar-refractivity contribution in [1.82, 2.24) is 0 Å². The van der Waals surface area contributed by atoms with E-state index >= 15 is 0 Å². The SMILES string of the molecule is CCCC1=CC(C)C=C1.[Cl][Zr][Cl]. The van der Waals surface area contributed by atoms with Gasteiger partial charge in [0.05, 0.1) is 0 Å². The summed E-state index contributed by atoms with van der Waals surface area (Å²) in [6.45, 7) is 4.44. The third-order valence-electron chi connectivity index (χ3n) is 1.63. The van der Waals surface area contributed by atoms with E-state index in [0.717, 1.165) is 0 Å². The zero-order valence-corrected chi connectivity index (χ0v) is 11.4. The van der Waals surface area contributed by atoms with Crippen LogP contribution in [0.4, 0.5) is 0 Å². The van der Waals surface area contributed by atoms with Crippen molar-refractivity contribution in [2.75, 3.05) is 0 Å². The van der Waals surface area contributed by atoms with E-state index in [-0.39, 0.29) is 0 Å². The average molecular weight is 284 g/mol. The summed E-state index contributed by atoms with van der Waals surface area (Å²) in [6.07, 6.45) is 9.35. The summed E-state index contributed by atoms with van der Waals surface area (Å²) in [7, 11) is 9.87. The summed E-state index contributed by atoms with van der Waals surface area (Å²) >= 11 is -0.826. The molecule has 0 aromatic heterocycles. The molecule has 0 nitrogen and oxygen atoms in total. The zero-order chi connectivity index (χ0) is 9.40. The number of hydrogen-bond acceptors (Lipinski definition) is 0. The molecule has 0 bridgehead atoms. The number of hydrogen-bond donors (Lipinski definition) is 0. The summed E-state index contributed by atoms with van der Waals surface area (Å²) in [5, 5.41) is 0. The van der Waals surface area contributed by atoms with Crippen molar-refractivity contribution in [3.8, 4) is 0 Å². The minimum absolute atomic E-state index is 0.687. The second-order valence-electron chi connectivity index (χ2n) is 2.78. The first-order valence-electron chi connectivity index (χ1n) is 4.09. The molecule has 0 fully saturated rings. The first-order valence-corrected chi connectivity index (χ1v) is 10.4. The van der Waals surface area contributed by atoms with Crippen LogP contribution in [-0.2, 0) is 20.8 Å². The fraction of sp³-hybridized carbons (Fsp3) is 0.556. The molecule has 68 valence electrons. The molecule has 1 atom stereocenters. The van der Waals surface area contributed by atoms with E-state index in [9.17, 15) is 0 Å². The van der Waals surface area contributed by atoms with Gasteiger partial charge in [0.15, 0.2) is 0 Å². The van der Waals surface area contributed by atoms with Gasteiger partial charge in [0.2, 0.25) is 0 Å². The number of allylic oxidation sites excluding steroid dienone is 4. The van der Waals surface area contributed by atoms with Gasteiger partial charge in [-0.15, -0.1) is 0 Å². The topological polar surface area (TPSA) is 0 Å². The Hall–Kier alpha value is 0.943. The third-order valence-corrected chi connectivity index (χ3v) is 1.63. The summed E-state index contributed by atoms with van der Waals surface area (Å²) in [5.41, 5.74) is 1.52. The van der Waals surface area contributed by atoms with Gasteiger partial charge >= 0.3 is 37.9 Å². The van der Waals surface area contributed by atoms with Gasteiger partial charge in [-0.3, -0.25) is 0 Å². The quantitative estimate of drug-likeness (QED) is 0.709. The van der Waals surface area contributed by atoms with Crippen LogP contribution in [0, 0.1) is 5.92 Å². The van der Waals surface area contributed by atoms with Crippen LogP contribution in [0.15, 0.2) is 23.8 Å². The summed E-state index contributed by atoms with van der Waals surface area (Å²) in [5.74, 6) is 0.687. The van der Waals surface area contributed by atoms with Gasteiger partial charge in [0, 0.05) is 0 Å². The number of halogens is 2. The molecule has 0 aromatic carbocycles. The first-order chi connectivity index (χ1) is 5.74. The minimum atomic E-state index is -0.826. The van der Waals surface area contributed by atoms with Crippen LogP contribution in [-0.4, -0.2) is 0 Å². The van der Waals surface area contributed by atoms with E-state index in [0.29, 0.717) is 5.92 Å². The molecule has 1 unspecified atom stereocenters. The van der Waals surface area contributed by atoms with E-state index < -0.39 is 20.8 Å². The molecule has 0 radical (unpaired) electrons. The standard InChI is InChI=1S/C9H14.2ClH.Zr/c1-3-4-9-6-5-8(2)7-9;;;/h5-8H,3-4H2,1-2H3;2*1H;/q;;;+2/p-2. The van der Waals surface area contributed by atoms with Gasteiger partial charge < -0.3 is 0 Å². The molecule has 0 amide bonds. The van der Waals surface area contributed by atoms with E-state index in [1.807, 2.05) is 0 Å². The van der Waals surface area contributed by atoms with E-state index in [1.54, 1.807) is 0 Å². The van der Waals surface area contributed by atoms with Crippen molar-refractivity contribution in [1.29, 1.82) is 0 Å². The molecule has 0 saturated carbocycles. The van der Waals surface area contributed by atoms with E-state index in [4.69, 9.17) is 17.0 Å². The second-order valence-corrected chi connectivity index (χ2v) is 6.51. The van der Waals surface area contributed by atoms with Gasteiger partial charge in [-0.1, -0.05) is 44.1 Å². The van der Waals surface area contributed by atoms with Crippen molar-refractivity contribution >= 4 is 17.0 Å². The Morgan fingerprint density at radius 2 is 2.08 bits per heavy atom. The molecule has 3 heteroatoms.